The van der Waals surface area contributed by atoms with Crippen LogP contribution in [-0.2, 0) is 28.9 Å². The van der Waals surface area contributed by atoms with Gasteiger partial charge in [-0.25, -0.2) is 9.59 Å². The fourth-order valence-electron chi connectivity index (χ4n) is 2.96. The van der Waals surface area contributed by atoms with Gasteiger partial charge in [-0.2, -0.15) is 0 Å². The van der Waals surface area contributed by atoms with E-state index < -0.39 is 24.5 Å². The van der Waals surface area contributed by atoms with Crippen LogP contribution in [0.5, 0.6) is 0 Å². The number of fused-ring (bicyclic) bond motifs is 1. The maximum absolute atomic E-state index is 12.2. The Hall–Kier alpha value is -2.67. The van der Waals surface area contributed by atoms with E-state index in [9.17, 15) is 14.4 Å². The lowest BCUT2D eigenvalue weighted by Gasteiger charge is -2.07. The molecule has 2 aromatic rings. The van der Waals surface area contributed by atoms with Gasteiger partial charge in [0.1, 0.15) is 4.88 Å². The molecule has 6 nitrogen and oxygen atoms in total. The SMILES string of the molecule is O=C(COC(=O)c1cc2c(s1)CCCCC2)NC(=O)NCc1ccccc1. The lowest BCUT2D eigenvalue weighted by atomic mass is 10.1. The second-order valence-electron chi connectivity index (χ2n) is 6.41. The predicted molar refractivity (Wildman–Crippen MR) is 103 cm³/mol. The largest absolute Gasteiger partial charge is 0.451 e. The van der Waals surface area contributed by atoms with Crippen molar-refractivity contribution in [2.75, 3.05) is 6.61 Å². The lowest BCUT2D eigenvalue weighted by molar-refractivity contribution is -0.123. The molecule has 1 aliphatic carbocycles. The number of amides is 3. The maximum atomic E-state index is 12.2. The summed E-state index contributed by atoms with van der Waals surface area (Å²) in [6, 6.07) is 10.6. The molecule has 0 atom stereocenters. The number of aryl methyl sites for hydroxylation is 2. The van der Waals surface area contributed by atoms with E-state index in [1.165, 1.54) is 28.2 Å². The van der Waals surface area contributed by atoms with E-state index in [0.717, 1.165) is 31.2 Å². The van der Waals surface area contributed by atoms with Gasteiger partial charge in [0.05, 0.1) is 0 Å². The van der Waals surface area contributed by atoms with Crippen molar-refractivity contribution < 1.29 is 19.1 Å². The molecule has 1 aromatic heterocycles. The first-order valence-electron chi connectivity index (χ1n) is 9.02. The molecule has 0 radical (unpaired) electrons. The molecule has 7 heteroatoms. The Bertz CT molecular complexity index is 793. The number of carbonyl (C=O) groups excluding carboxylic acids is 3. The van der Waals surface area contributed by atoms with Gasteiger partial charge in [0.15, 0.2) is 6.61 Å². The third-order valence-electron chi connectivity index (χ3n) is 4.33. The molecule has 3 amide bonds. The van der Waals surface area contributed by atoms with Gasteiger partial charge in [-0.15, -0.1) is 11.3 Å². The van der Waals surface area contributed by atoms with Gasteiger partial charge < -0.3 is 10.1 Å². The first-order valence-corrected chi connectivity index (χ1v) is 9.84. The van der Waals surface area contributed by atoms with Crippen LogP contribution >= 0.6 is 11.3 Å². The van der Waals surface area contributed by atoms with Crippen LogP contribution in [0.15, 0.2) is 36.4 Å². The highest BCUT2D eigenvalue weighted by atomic mass is 32.1. The zero-order valence-corrected chi connectivity index (χ0v) is 15.8. The molecule has 0 bridgehead atoms. The highest BCUT2D eigenvalue weighted by Gasteiger charge is 2.18. The van der Waals surface area contributed by atoms with Gasteiger partial charge >= 0.3 is 12.0 Å². The summed E-state index contributed by atoms with van der Waals surface area (Å²) in [5.41, 5.74) is 2.14. The topological polar surface area (TPSA) is 84.5 Å². The van der Waals surface area contributed by atoms with E-state index >= 15 is 0 Å². The number of urea groups is 1. The first kappa shape index (κ1) is 19.1. The van der Waals surface area contributed by atoms with Crippen LogP contribution in [0.3, 0.4) is 0 Å². The van der Waals surface area contributed by atoms with Crippen molar-refractivity contribution in [1.82, 2.24) is 10.6 Å². The second kappa shape index (κ2) is 9.32. The van der Waals surface area contributed by atoms with E-state index in [4.69, 9.17) is 4.74 Å². The Morgan fingerprint density at radius 3 is 2.63 bits per heavy atom. The minimum absolute atomic E-state index is 0.306. The van der Waals surface area contributed by atoms with E-state index in [-0.39, 0.29) is 0 Å². The van der Waals surface area contributed by atoms with E-state index in [2.05, 4.69) is 10.6 Å². The van der Waals surface area contributed by atoms with Crippen LogP contribution in [0, 0.1) is 0 Å². The number of thiophene rings is 1. The summed E-state index contributed by atoms with van der Waals surface area (Å²) in [7, 11) is 0. The monoisotopic (exact) mass is 386 g/mol. The van der Waals surface area contributed by atoms with E-state index in [1.807, 2.05) is 36.4 Å². The summed E-state index contributed by atoms with van der Waals surface area (Å²) in [5.74, 6) is -1.18. The fourth-order valence-corrected chi connectivity index (χ4v) is 4.10. The number of esters is 1. The van der Waals surface area contributed by atoms with Crippen molar-refractivity contribution in [1.29, 1.82) is 0 Å². The Labute approximate surface area is 161 Å². The molecule has 0 saturated heterocycles. The number of imide groups is 1. The highest BCUT2D eigenvalue weighted by molar-refractivity contribution is 7.14. The van der Waals surface area contributed by atoms with Gasteiger partial charge in [-0.05, 0) is 42.9 Å². The average Bonchev–Trinajstić information content (AvgIpc) is 2.96. The number of benzene rings is 1. The van der Waals surface area contributed by atoms with E-state index in [0.29, 0.717) is 11.4 Å². The summed E-state index contributed by atoms with van der Waals surface area (Å²) in [6.07, 6.45) is 5.48. The molecular weight excluding hydrogens is 364 g/mol. The minimum atomic E-state index is -0.660. The molecular formula is C20H22N2O4S. The van der Waals surface area contributed by atoms with Crippen molar-refractivity contribution in [3.8, 4) is 0 Å². The summed E-state index contributed by atoms with van der Waals surface area (Å²) in [6.45, 7) is -0.180. The standard InChI is InChI=1S/C20H22N2O4S/c23-18(22-20(25)21-12-14-7-3-1-4-8-14)13-26-19(24)17-11-15-9-5-2-6-10-16(15)27-17/h1,3-4,7-8,11H,2,5-6,9-10,12-13H2,(H2,21,22,23,25). The van der Waals surface area contributed by atoms with Gasteiger partial charge in [0, 0.05) is 11.4 Å². The zero-order chi connectivity index (χ0) is 19.1. The summed E-state index contributed by atoms with van der Waals surface area (Å²) < 4.78 is 5.04. The van der Waals surface area contributed by atoms with Crippen LogP contribution in [0.2, 0.25) is 0 Å². The molecule has 0 saturated carbocycles. The molecule has 0 fully saturated rings. The summed E-state index contributed by atoms with van der Waals surface area (Å²) in [5, 5.41) is 4.73. The van der Waals surface area contributed by atoms with Crippen LogP contribution < -0.4 is 10.6 Å². The smallest absolute Gasteiger partial charge is 0.348 e. The van der Waals surface area contributed by atoms with Gasteiger partial charge in [-0.3, -0.25) is 10.1 Å². The molecule has 27 heavy (non-hydrogen) atoms. The van der Waals surface area contributed by atoms with Gasteiger partial charge in [0.2, 0.25) is 0 Å². The second-order valence-corrected chi connectivity index (χ2v) is 7.55. The number of nitrogens with one attached hydrogen (secondary N) is 2. The molecule has 1 aromatic carbocycles. The van der Waals surface area contributed by atoms with Crippen molar-refractivity contribution >= 4 is 29.2 Å². The Morgan fingerprint density at radius 1 is 1.04 bits per heavy atom. The molecule has 1 heterocycles. The van der Waals surface area contributed by atoms with Crippen molar-refractivity contribution in [3.05, 3.63) is 57.3 Å². The average molecular weight is 386 g/mol. The van der Waals surface area contributed by atoms with Crippen LogP contribution in [0.1, 0.15) is 44.9 Å². The van der Waals surface area contributed by atoms with E-state index in [1.54, 1.807) is 0 Å². The minimum Gasteiger partial charge on any atom is -0.451 e. The van der Waals surface area contributed by atoms with Crippen LogP contribution in [0.4, 0.5) is 4.79 Å². The Balaban J connectivity index is 1.42. The lowest BCUT2D eigenvalue weighted by Crippen LogP contribution is -2.41. The van der Waals surface area contributed by atoms with Crippen molar-refractivity contribution in [2.45, 2.75) is 38.6 Å². The number of ether oxygens (including phenoxy) is 1. The van der Waals surface area contributed by atoms with Crippen molar-refractivity contribution in [2.24, 2.45) is 0 Å². The quantitative estimate of drug-likeness (QED) is 0.610. The molecule has 3 rings (SSSR count). The molecule has 0 spiro atoms. The first-order chi connectivity index (χ1) is 13.1. The maximum Gasteiger partial charge on any atom is 0.348 e. The molecule has 142 valence electrons. The number of carbonyl (C=O) groups is 3. The molecule has 0 unspecified atom stereocenters. The molecule has 2 N–H and O–H groups in total. The van der Waals surface area contributed by atoms with Crippen LogP contribution in [0.25, 0.3) is 0 Å². The summed E-state index contributed by atoms with van der Waals surface area (Å²) in [4.78, 5) is 37.4. The van der Waals surface area contributed by atoms with Gasteiger partial charge in [-0.1, -0.05) is 36.8 Å². The normalized spacial score (nSPS) is 13.2. The Morgan fingerprint density at radius 2 is 1.81 bits per heavy atom. The third kappa shape index (κ3) is 5.65. The predicted octanol–water partition coefficient (Wildman–Crippen LogP) is 3.20. The fraction of sp³-hybridized carbons (Fsp3) is 0.350. The molecule has 0 aliphatic heterocycles. The number of rotatable bonds is 5. The third-order valence-corrected chi connectivity index (χ3v) is 5.55. The summed E-state index contributed by atoms with van der Waals surface area (Å²) >= 11 is 1.44. The highest BCUT2D eigenvalue weighted by Crippen LogP contribution is 2.29. The zero-order valence-electron chi connectivity index (χ0n) is 15.0. The number of hydrogen-bond acceptors (Lipinski definition) is 5. The van der Waals surface area contributed by atoms with Crippen molar-refractivity contribution in [3.63, 3.8) is 0 Å². The number of hydrogen-bond donors (Lipinski definition) is 2. The van der Waals surface area contributed by atoms with Gasteiger partial charge in [0.25, 0.3) is 5.91 Å². The Kier molecular flexibility index (Phi) is 6.59. The van der Waals surface area contributed by atoms with Crippen LogP contribution in [-0.4, -0.2) is 24.5 Å². The molecule has 1 aliphatic rings.